The quantitative estimate of drug-likeness (QED) is 0.230. The van der Waals surface area contributed by atoms with Crippen LogP contribution >= 0.6 is 0 Å². The summed E-state index contributed by atoms with van der Waals surface area (Å²) in [6.07, 6.45) is 23.4. The van der Waals surface area contributed by atoms with Gasteiger partial charge in [0.15, 0.2) is 0 Å². The van der Waals surface area contributed by atoms with Crippen LogP contribution in [0.3, 0.4) is 0 Å². The fourth-order valence-electron chi connectivity index (χ4n) is 3.10. The number of hydrogen-bond donors (Lipinski definition) is 0. The van der Waals surface area contributed by atoms with Crippen molar-refractivity contribution in [3.8, 4) is 0 Å². The molecule has 0 N–H and O–H groups in total. The lowest BCUT2D eigenvalue weighted by molar-refractivity contribution is -0.119. The molecule has 0 aliphatic carbocycles. The molecule has 0 aromatic carbocycles. The predicted octanol–water partition coefficient (Wildman–Crippen LogP) is 7.79. The molecule has 0 bridgehead atoms. The molecule has 158 valence electrons. The molecule has 0 fully saturated rings. The lowest BCUT2D eigenvalue weighted by atomic mass is 10.0. The van der Waals surface area contributed by atoms with Gasteiger partial charge in [-0.15, -0.1) is 0 Å². The molecular formula is C24H51NO. The number of unbranched alkanes of at least 4 members (excludes halogenated alkanes) is 14. The highest BCUT2D eigenvalue weighted by atomic mass is 16.1. The van der Waals surface area contributed by atoms with Crippen molar-refractivity contribution in [2.75, 3.05) is 21.1 Å². The molecule has 0 aromatic heterocycles. The summed E-state index contributed by atoms with van der Waals surface area (Å²) in [7, 11) is 6.00. The third-order valence-electron chi connectivity index (χ3n) is 4.59. The van der Waals surface area contributed by atoms with Gasteiger partial charge < -0.3 is 4.90 Å². The fraction of sp³-hybridized carbons (Fsp3) is 0.958. The van der Waals surface area contributed by atoms with E-state index in [1.165, 1.54) is 89.9 Å². The second kappa shape index (κ2) is 24.6. The molecule has 0 rings (SSSR count). The Kier molecular flexibility index (Phi) is 26.4. The van der Waals surface area contributed by atoms with Gasteiger partial charge in [-0.25, -0.2) is 0 Å². The van der Waals surface area contributed by atoms with Gasteiger partial charge in [-0.2, -0.15) is 0 Å². The van der Waals surface area contributed by atoms with Gasteiger partial charge in [0.1, 0.15) is 5.78 Å². The van der Waals surface area contributed by atoms with E-state index in [1.807, 2.05) is 26.0 Å². The number of ketones is 1. The minimum Gasteiger partial charge on any atom is -0.312 e. The Balaban J connectivity index is 0. The molecule has 0 spiro atoms. The van der Waals surface area contributed by atoms with Crippen molar-refractivity contribution < 1.29 is 4.79 Å². The van der Waals surface area contributed by atoms with Crippen molar-refractivity contribution in [3.63, 3.8) is 0 Å². The topological polar surface area (TPSA) is 20.3 Å². The zero-order valence-corrected chi connectivity index (χ0v) is 19.1. The van der Waals surface area contributed by atoms with E-state index in [4.69, 9.17) is 0 Å². The van der Waals surface area contributed by atoms with Crippen molar-refractivity contribution in [1.82, 2.24) is 4.90 Å². The Labute approximate surface area is 166 Å². The maximum absolute atomic E-state index is 11.4. The Morgan fingerprint density at radius 3 is 1.12 bits per heavy atom. The lowest BCUT2D eigenvalue weighted by Gasteiger charge is -2.03. The highest BCUT2D eigenvalue weighted by Crippen LogP contribution is 2.13. The molecule has 0 unspecified atom stereocenters. The van der Waals surface area contributed by atoms with Crippen LogP contribution in [0.15, 0.2) is 0 Å². The fourth-order valence-corrected chi connectivity index (χ4v) is 3.10. The molecule has 0 heterocycles. The van der Waals surface area contributed by atoms with E-state index in [0.29, 0.717) is 5.78 Å². The molecule has 26 heavy (non-hydrogen) atoms. The Morgan fingerprint density at radius 2 is 0.808 bits per heavy atom. The van der Waals surface area contributed by atoms with Crippen molar-refractivity contribution in [3.05, 3.63) is 0 Å². The first-order chi connectivity index (χ1) is 12.5. The lowest BCUT2D eigenvalue weighted by Crippen LogP contribution is -1.99. The van der Waals surface area contributed by atoms with Crippen molar-refractivity contribution >= 4 is 5.78 Å². The van der Waals surface area contributed by atoms with E-state index < -0.39 is 0 Å². The molecule has 0 saturated carbocycles. The first-order valence-corrected chi connectivity index (χ1v) is 11.7. The predicted molar refractivity (Wildman–Crippen MR) is 119 cm³/mol. The van der Waals surface area contributed by atoms with Crippen LogP contribution in [0, 0.1) is 0 Å². The highest BCUT2D eigenvalue weighted by Gasteiger charge is 1.99. The first-order valence-electron chi connectivity index (χ1n) is 11.7. The van der Waals surface area contributed by atoms with Gasteiger partial charge >= 0.3 is 0 Å². The Hall–Kier alpha value is -0.370. The largest absolute Gasteiger partial charge is 0.312 e. The van der Waals surface area contributed by atoms with Gasteiger partial charge in [0, 0.05) is 12.8 Å². The van der Waals surface area contributed by atoms with Crippen LogP contribution in [-0.2, 0) is 4.79 Å². The summed E-state index contributed by atoms with van der Waals surface area (Å²) in [4.78, 5) is 13.4. The SMILES string of the molecule is CCCCCCCCCCCCCCCCCC(=O)CCC.CN(C)C. The molecule has 0 aliphatic heterocycles. The zero-order valence-electron chi connectivity index (χ0n) is 19.1. The van der Waals surface area contributed by atoms with Crippen LogP contribution in [0.25, 0.3) is 0 Å². The van der Waals surface area contributed by atoms with Crippen LogP contribution in [0.2, 0.25) is 0 Å². The van der Waals surface area contributed by atoms with Gasteiger partial charge in [-0.05, 0) is 34.0 Å². The number of nitrogens with zero attached hydrogens (tertiary/aromatic N) is 1. The minimum atomic E-state index is 0.470. The summed E-state index contributed by atoms with van der Waals surface area (Å²) in [6.45, 7) is 4.37. The molecule has 0 amide bonds. The third kappa shape index (κ3) is 31.4. The number of carbonyl (C=O) groups excluding carboxylic acids is 1. The normalized spacial score (nSPS) is 10.7. The van der Waals surface area contributed by atoms with Crippen molar-refractivity contribution in [2.45, 2.75) is 129 Å². The van der Waals surface area contributed by atoms with E-state index in [9.17, 15) is 4.79 Å². The number of rotatable bonds is 18. The van der Waals surface area contributed by atoms with Crippen LogP contribution in [0.4, 0.5) is 0 Å². The second-order valence-electron chi connectivity index (χ2n) is 8.33. The molecular weight excluding hydrogens is 318 g/mol. The monoisotopic (exact) mass is 369 g/mol. The van der Waals surface area contributed by atoms with Crippen molar-refractivity contribution in [1.29, 1.82) is 0 Å². The Morgan fingerprint density at radius 1 is 0.500 bits per heavy atom. The Bertz CT molecular complexity index is 260. The number of carbonyl (C=O) groups is 1. The summed E-state index contributed by atoms with van der Waals surface area (Å²) in [5, 5.41) is 0. The van der Waals surface area contributed by atoms with Crippen molar-refractivity contribution in [2.24, 2.45) is 0 Å². The van der Waals surface area contributed by atoms with Crippen LogP contribution in [0.1, 0.15) is 129 Å². The molecule has 2 heteroatoms. The van der Waals surface area contributed by atoms with E-state index in [2.05, 4.69) is 13.8 Å². The summed E-state index contributed by atoms with van der Waals surface area (Å²) in [6, 6.07) is 0. The molecule has 2 nitrogen and oxygen atoms in total. The van der Waals surface area contributed by atoms with Gasteiger partial charge in [0.05, 0.1) is 0 Å². The smallest absolute Gasteiger partial charge is 0.132 e. The van der Waals surface area contributed by atoms with E-state index in [-0.39, 0.29) is 0 Å². The number of hydrogen-bond acceptors (Lipinski definition) is 2. The third-order valence-corrected chi connectivity index (χ3v) is 4.59. The average molecular weight is 370 g/mol. The van der Waals surface area contributed by atoms with Gasteiger partial charge in [0.2, 0.25) is 0 Å². The summed E-state index contributed by atoms with van der Waals surface area (Å²) in [5.74, 6) is 0.470. The van der Waals surface area contributed by atoms with Crippen LogP contribution in [-0.4, -0.2) is 31.8 Å². The molecule has 0 saturated heterocycles. The maximum atomic E-state index is 11.4. The number of Topliss-reactive ketones (excluding diaryl/α,β-unsaturated/α-hetero) is 1. The molecule has 0 aliphatic rings. The van der Waals surface area contributed by atoms with Crippen LogP contribution < -0.4 is 0 Å². The molecule has 0 radical (unpaired) electrons. The summed E-state index contributed by atoms with van der Waals surface area (Å²) < 4.78 is 0. The van der Waals surface area contributed by atoms with E-state index >= 15 is 0 Å². The average Bonchev–Trinajstić information content (AvgIpc) is 2.58. The van der Waals surface area contributed by atoms with E-state index in [0.717, 1.165) is 25.7 Å². The molecule has 0 aromatic rings. The molecule has 0 atom stereocenters. The second-order valence-corrected chi connectivity index (χ2v) is 8.33. The summed E-state index contributed by atoms with van der Waals surface area (Å²) >= 11 is 0. The van der Waals surface area contributed by atoms with E-state index in [1.54, 1.807) is 0 Å². The first kappa shape index (κ1) is 27.8. The summed E-state index contributed by atoms with van der Waals surface area (Å²) in [5.41, 5.74) is 0. The zero-order chi connectivity index (χ0) is 19.9. The standard InChI is InChI=1S/C21H42O.C3H9N/c1-3-5-6-7-8-9-10-11-12-13-14-15-16-17-18-20-21(22)19-4-2;1-4(2)3/h3-20H2,1-2H3;1-3H3. The minimum absolute atomic E-state index is 0.470. The highest BCUT2D eigenvalue weighted by molar-refractivity contribution is 5.78. The van der Waals surface area contributed by atoms with Crippen LogP contribution in [0.5, 0.6) is 0 Å². The maximum Gasteiger partial charge on any atom is 0.132 e. The van der Waals surface area contributed by atoms with Gasteiger partial charge in [-0.1, -0.05) is 104 Å². The van der Waals surface area contributed by atoms with Gasteiger partial charge in [0.25, 0.3) is 0 Å². The van der Waals surface area contributed by atoms with Gasteiger partial charge in [-0.3, -0.25) is 4.79 Å².